The molecule has 326 valence electrons. The van der Waals surface area contributed by atoms with E-state index in [-0.39, 0.29) is 17.8 Å². The van der Waals surface area contributed by atoms with E-state index >= 15 is 0 Å². The first-order chi connectivity index (χ1) is 26.8. The number of carbonyl (C=O) groups is 3. The Balaban J connectivity index is 4.16. The minimum Gasteiger partial charge on any atom is -0.466 e. The summed E-state index contributed by atoms with van der Waals surface area (Å²) in [5, 5.41) is 0. The normalized spacial score (nSPS) is 11.6. The molecule has 0 aliphatic carbocycles. The largest absolute Gasteiger partial charge is 0.466 e. The van der Waals surface area contributed by atoms with Gasteiger partial charge in [-0.1, -0.05) is 156 Å². The lowest BCUT2D eigenvalue weighted by molar-refractivity contribution is -0.144. The third-order valence-corrected chi connectivity index (χ3v) is 11.4. The lowest BCUT2D eigenvalue weighted by atomic mass is 9.91. The highest BCUT2D eigenvalue weighted by Crippen LogP contribution is 2.23. The third kappa shape index (κ3) is 36.5. The van der Waals surface area contributed by atoms with Crippen molar-refractivity contribution >= 4 is 17.8 Å². The van der Waals surface area contributed by atoms with E-state index in [1.807, 2.05) is 0 Å². The molecule has 0 aliphatic rings. The van der Waals surface area contributed by atoms with Gasteiger partial charge in [0.15, 0.2) is 0 Å². The maximum Gasteiger partial charge on any atom is 0.305 e. The summed E-state index contributed by atoms with van der Waals surface area (Å²) in [5.41, 5.74) is 0. The van der Waals surface area contributed by atoms with Crippen molar-refractivity contribution in [3.8, 4) is 0 Å². The van der Waals surface area contributed by atoms with Crippen molar-refractivity contribution in [3.05, 3.63) is 0 Å². The van der Waals surface area contributed by atoms with E-state index in [0.717, 1.165) is 128 Å². The first kappa shape index (κ1) is 53.4. The van der Waals surface area contributed by atoms with E-state index in [0.29, 0.717) is 32.5 Å². The molecule has 0 aromatic heterocycles. The molecule has 0 spiro atoms. The number of hydrogen-bond donors (Lipinski definition) is 0. The number of ether oxygens (including phenoxy) is 2. The van der Waals surface area contributed by atoms with Gasteiger partial charge in [0, 0.05) is 32.4 Å². The summed E-state index contributed by atoms with van der Waals surface area (Å²) >= 11 is 0. The summed E-state index contributed by atoms with van der Waals surface area (Å²) in [6, 6.07) is 0. The quantitative estimate of drug-likeness (QED) is 0.0454. The van der Waals surface area contributed by atoms with Crippen molar-refractivity contribution in [3.63, 3.8) is 0 Å². The summed E-state index contributed by atoms with van der Waals surface area (Å²) < 4.78 is 11.1. The Bertz CT molecular complexity index is 793. The molecule has 55 heavy (non-hydrogen) atoms. The zero-order valence-electron chi connectivity index (χ0n) is 37.8. The van der Waals surface area contributed by atoms with Gasteiger partial charge in [-0.25, -0.2) is 0 Å². The molecular formula is C48H94N2O5. The molecule has 0 heterocycles. The van der Waals surface area contributed by atoms with Gasteiger partial charge in [0.1, 0.15) is 0 Å². The highest BCUT2D eigenvalue weighted by Gasteiger charge is 2.14. The third-order valence-electron chi connectivity index (χ3n) is 11.4. The van der Waals surface area contributed by atoms with Gasteiger partial charge in [-0.3, -0.25) is 14.4 Å². The van der Waals surface area contributed by atoms with Crippen LogP contribution in [0.3, 0.4) is 0 Å². The molecule has 0 aromatic rings. The maximum absolute atomic E-state index is 13.1. The zero-order valence-corrected chi connectivity index (χ0v) is 37.8. The van der Waals surface area contributed by atoms with Crippen molar-refractivity contribution < 1.29 is 23.9 Å². The van der Waals surface area contributed by atoms with Gasteiger partial charge in [0.2, 0.25) is 5.91 Å². The molecule has 0 N–H and O–H groups in total. The van der Waals surface area contributed by atoms with E-state index in [1.165, 1.54) is 89.9 Å². The number of hydrogen-bond acceptors (Lipinski definition) is 6. The summed E-state index contributed by atoms with van der Waals surface area (Å²) in [5.74, 6) is 1.88. The standard InChI is InChI=1S/C48H94N2O5/c1-7-11-30-44(31-12-8-2)34-23-27-42-54-47(52)37-21-17-15-19-25-40-50(46(51)36-29-39-49(5)6)41-26-20-16-18-22-38-48(53)55-43-28-24-35-45(32-13-9-3)33-14-10-4/h44-45H,7-43H2,1-6H3. The number of esters is 2. The van der Waals surface area contributed by atoms with Crippen molar-refractivity contribution in [2.45, 2.75) is 233 Å². The van der Waals surface area contributed by atoms with Crippen LogP contribution in [0.25, 0.3) is 0 Å². The van der Waals surface area contributed by atoms with Crippen LogP contribution in [0, 0.1) is 11.8 Å². The molecular weight excluding hydrogens is 685 g/mol. The predicted octanol–water partition coefficient (Wildman–Crippen LogP) is 13.3. The zero-order chi connectivity index (χ0) is 40.6. The van der Waals surface area contributed by atoms with Gasteiger partial charge in [0.05, 0.1) is 13.2 Å². The van der Waals surface area contributed by atoms with Crippen molar-refractivity contribution in [1.29, 1.82) is 0 Å². The maximum atomic E-state index is 13.1. The van der Waals surface area contributed by atoms with Gasteiger partial charge in [-0.15, -0.1) is 0 Å². The van der Waals surface area contributed by atoms with Crippen LogP contribution < -0.4 is 0 Å². The molecule has 0 bridgehead atoms. The van der Waals surface area contributed by atoms with Crippen LogP contribution >= 0.6 is 0 Å². The van der Waals surface area contributed by atoms with E-state index in [1.54, 1.807) is 0 Å². The van der Waals surface area contributed by atoms with Gasteiger partial charge in [-0.05, 0) is 90.3 Å². The van der Waals surface area contributed by atoms with Crippen LogP contribution in [0.2, 0.25) is 0 Å². The molecule has 7 nitrogen and oxygen atoms in total. The van der Waals surface area contributed by atoms with Crippen LogP contribution in [0.15, 0.2) is 0 Å². The first-order valence-electron chi connectivity index (χ1n) is 24.0. The molecule has 7 heteroatoms. The second-order valence-corrected chi connectivity index (χ2v) is 17.1. The van der Waals surface area contributed by atoms with Crippen LogP contribution in [0.1, 0.15) is 233 Å². The van der Waals surface area contributed by atoms with Crippen LogP contribution in [0.5, 0.6) is 0 Å². The van der Waals surface area contributed by atoms with Crippen LogP contribution in [-0.4, -0.2) is 74.6 Å². The molecule has 0 radical (unpaired) electrons. The van der Waals surface area contributed by atoms with Gasteiger partial charge >= 0.3 is 11.9 Å². The minimum absolute atomic E-state index is 0.0440. The summed E-state index contributed by atoms with van der Waals surface area (Å²) in [6.45, 7) is 12.8. The Morgan fingerprint density at radius 1 is 0.400 bits per heavy atom. The van der Waals surface area contributed by atoms with E-state index in [4.69, 9.17) is 9.47 Å². The second-order valence-electron chi connectivity index (χ2n) is 17.1. The fourth-order valence-corrected chi connectivity index (χ4v) is 7.69. The van der Waals surface area contributed by atoms with Crippen LogP contribution in [-0.2, 0) is 23.9 Å². The van der Waals surface area contributed by atoms with Gasteiger partial charge in [0.25, 0.3) is 0 Å². The molecule has 0 saturated carbocycles. The Morgan fingerprint density at radius 3 is 1.15 bits per heavy atom. The molecule has 0 saturated heterocycles. The summed E-state index contributed by atoms with van der Waals surface area (Å²) in [4.78, 5) is 41.8. The number of rotatable bonds is 42. The molecule has 0 aliphatic heterocycles. The van der Waals surface area contributed by atoms with Crippen molar-refractivity contribution in [2.24, 2.45) is 11.8 Å². The summed E-state index contributed by atoms with van der Waals surface area (Å²) in [6.07, 6.45) is 35.5. The number of unbranched alkanes of at least 4 members (excludes halogenated alkanes) is 14. The Labute approximate surface area is 342 Å². The fourth-order valence-electron chi connectivity index (χ4n) is 7.69. The monoisotopic (exact) mass is 779 g/mol. The molecule has 0 rings (SSSR count). The highest BCUT2D eigenvalue weighted by atomic mass is 16.5. The molecule has 0 aromatic carbocycles. The second kappa shape index (κ2) is 40.6. The Hall–Kier alpha value is -1.63. The van der Waals surface area contributed by atoms with E-state index in [2.05, 4.69) is 51.6 Å². The van der Waals surface area contributed by atoms with Crippen molar-refractivity contribution in [1.82, 2.24) is 9.80 Å². The average Bonchev–Trinajstić information content (AvgIpc) is 3.17. The Kier molecular flexibility index (Phi) is 39.4. The first-order valence-corrected chi connectivity index (χ1v) is 24.0. The van der Waals surface area contributed by atoms with Gasteiger partial charge in [-0.2, -0.15) is 0 Å². The molecule has 0 atom stereocenters. The van der Waals surface area contributed by atoms with Gasteiger partial charge < -0.3 is 19.3 Å². The summed E-state index contributed by atoms with van der Waals surface area (Å²) in [7, 11) is 4.11. The topological polar surface area (TPSA) is 76.1 Å². The number of carbonyl (C=O) groups excluding carboxylic acids is 3. The molecule has 0 fully saturated rings. The lowest BCUT2D eigenvalue weighted by Crippen LogP contribution is -2.33. The van der Waals surface area contributed by atoms with Crippen LogP contribution in [0.4, 0.5) is 0 Å². The van der Waals surface area contributed by atoms with E-state index in [9.17, 15) is 14.4 Å². The van der Waals surface area contributed by atoms with E-state index < -0.39 is 0 Å². The SMILES string of the molecule is CCCCC(CCCC)CCCCOC(=O)CCCCCCCN(CCCCCCCC(=O)OCCCCC(CCCC)CCCC)C(=O)CCCN(C)C. The minimum atomic E-state index is -0.0440. The number of nitrogens with zero attached hydrogens (tertiary/aromatic N) is 2. The average molecular weight is 779 g/mol. The lowest BCUT2D eigenvalue weighted by Gasteiger charge is -2.23. The predicted molar refractivity (Wildman–Crippen MR) is 234 cm³/mol. The fraction of sp³-hybridized carbons (Fsp3) is 0.938. The molecule has 1 amide bonds. The molecule has 0 unspecified atom stereocenters. The highest BCUT2D eigenvalue weighted by molar-refractivity contribution is 5.76. The Morgan fingerprint density at radius 2 is 0.764 bits per heavy atom. The number of amides is 1. The smallest absolute Gasteiger partial charge is 0.305 e. The van der Waals surface area contributed by atoms with Crippen molar-refractivity contribution in [2.75, 3.05) is 46.9 Å².